The van der Waals surface area contributed by atoms with Crippen LogP contribution in [0, 0.1) is 13.8 Å². The number of imide groups is 1. The zero-order chi connectivity index (χ0) is 24.0. The molecule has 2 aliphatic rings. The number of anilines is 1. The Morgan fingerprint density at radius 1 is 0.824 bits per heavy atom. The Hall–Kier alpha value is -3.07. The maximum Gasteiger partial charge on any atom is 0.251 e. The minimum absolute atomic E-state index is 0.115. The third-order valence-electron chi connectivity index (χ3n) is 6.80. The number of piperazine rings is 1. The van der Waals surface area contributed by atoms with E-state index in [1.54, 1.807) is 12.1 Å². The topological polar surface area (TPSA) is 78.0 Å². The van der Waals surface area contributed by atoms with Crippen LogP contribution in [0.15, 0.2) is 65.6 Å². The molecule has 7 nitrogen and oxygen atoms in total. The van der Waals surface area contributed by atoms with Crippen LogP contribution in [0.1, 0.15) is 17.5 Å². The number of fused-ring (bicyclic) bond motifs is 1. The highest BCUT2D eigenvalue weighted by atomic mass is 32.2. The van der Waals surface area contributed by atoms with Gasteiger partial charge in [0.15, 0.2) is 0 Å². The molecule has 3 aromatic carbocycles. The largest absolute Gasteiger partial charge is 0.289 e. The van der Waals surface area contributed by atoms with Crippen molar-refractivity contribution in [3.05, 3.63) is 71.8 Å². The molecule has 0 saturated carbocycles. The molecule has 2 aliphatic heterocycles. The first-order valence-electron chi connectivity index (χ1n) is 11.4. The molecule has 0 radical (unpaired) electrons. The molecule has 0 bridgehead atoms. The van der Waals surface area contributed by atoms with Crippen molar-refractivity contribution in [2.45, 2.75) is 31.2 Å². The van der Waals surface area contributed by atoms with E-state index in [1.165, 1.54) is 9.21 Å². The summed E-state index contributed by atoms with van der Waals surface area (Å²) in [4.78, 5) is 29.5. The molecular weight excluding hydrogens is 450 g/mol. The zero-order valence-electron chi connectivity index (χ0n) is 19.3. The third-order valence-corrected chi connectivity index (χ3v) is 8.70. The van der Waals surface area contributed by atoms with E-state index in [-0.39, 0.29) is 36.2 Å². The van der Waals surface area contributed by atoms with Crippen LogP contribution in [0.25, 0.3) is 10.8 Å². The second kappa shape index (κ2) is 8.61. The lowest BCUT2D eigenvalue weighted by molar-refractivity contribution is -0.123. The first-order valence-corrected chi connectivity index (χ1v) is 12.9. The number of hydrogen-bond acceptors (Lipinski definition) is 5. The highest BCUT2D eigenvalue weighted by Gasteiger charge is 2.44. The van der Waals surface area contributed by atoms with Gasteiger partial charge in [-0.05, 0) is 53.9 Å². The highest BCUT2D eigenvalue weighted by molar-refractivity contribution is 7.89. The number of sulfonamides is 1. The van der Waals surface area contributed by atoms with E-state index < -0.39 is 16.1 Å². The van der Waals surface area contributed by atoms with Gasteiger partial charge in [0, 0.05) is 26.2 Å². The fourth-order valence-corrected chi connectivity index (χ4v) is 6.31. The summed E-state index contributed by atoms with van der Waals surface area (Å²) in [7, 11) is -3.64. The maximum absolute atomic E-state index is 13.3. The Kier molecular flexibility index (Phi) is 5.75. The number of carbonyl (C=O) groups is 2. The van der Waals surface area contributed by atoms with Crippen molar-refractivity contribution in [2.24, 2.45) is 0 Å². The lowest BCUT2D eigenvalue weighted by Crippen LogP contribution is -2.53. The number of carbonyl (C=O) groups excluding carboxylic acids is 2. The minimum Gasteiger partial charge on any atom is -0.289 e. The second-order valence-electron chi connectivity index (χ2n) is 9.03. The van der Waals surface area contributed by atoms with E-state index in [0.717, 1.165) is 21.9 Å². The van der Waals surface area contributed by atoms with Gasteiger partial charge in [0.1, 0.15) is 0 Å². The molecule has 0 unspecified atom stereocenters. The molecule has 1 atom stereocenters. The van der Waals surface area contributed by atoms with E-state index in [4.69, 9.17) is 0 Å². The SMILES string of the molecule is Cc1ccc(C)c(N2C(=O)C[C@H](N3CCN(S(=O)(=O)c4ccc5ccccc5c4)CC3)C2=O)c1. The Morgan fingerprint density at radius 2 is 1.53 bits per heavy atom. The summed E-state index contributed by atoms with van der Waals surface area (Å²) in [5, 5.41) is 1.87. The van der Waals surface area contributed by atoms with Gasteiger partial charge < -0.3 is 0 Å². The first kappa shape index (κ1) is 22.7. The van der Waals surface area contributed by atoms with Crippen LogP contribution < -0.4 is 4.90 Å². The molecule has 0 aromatic heterocycles. The lowest BCUT2D eigenvalue weighted by atomic mass is 10.1. The van der Waals surface area contributed by atoms with Crippen molar-refractivity contribution in [3.8, 4) is 0 Å². The molecule has 34 heavy (non-hydrogen) atoms. The summed E-state index contributed by atoms with van der Waals surface area (Å²) in [5.41, 5.74) is 2.49. The average molecular weight is 478 g/mol. The molecule has 176 valence electrons. The molecule has 5 rings (SSSR count). The van der Waals surface area contributed by atoms with E-state index in [9.17, 15) is 18.0 Å². The molecule has 8 heteroatoms. The Balaban J connectivity index is 1.30. The monoisotopic (exact) mass is 477 g/mol. The van der Waals surface area contributed by atoms with Gasteiger partial charge in [-0.2, -0.15) is 4.31 Å². The second-order valence-corrected chi connectivity index (χ2v) is 11.0. The quantitative estimate of drug-likeness (QED) is 0.540. The first-order chi connectivity index (χ1) is 16.3. The van der Waals surface area contributed by atoms with Gasteiger partial charge in [-0.15, -0.1) is 0 Å². The fraction of sp³-hybridized carbons (Fsp3) is 0.308. The fourth-order valence-electron chi connectivity index (χ4n) is 4.85. The Labute approximate surface area is 199 Å². The van der Waals surface area contributed by atoms with Crippen molar-refractivity contribution in [1.82, 2.24) is 9.21 Å². The van der Waals surface area contributed by atoms with Crippen molar-refractivity contribution >= 4 is 38.3 Å². The van der Waals surface area contributed by atoms with Crippen molar-refractivity contribution in [2.75, 3.05) is 31.1 Å². The van der Waals surface area contributed by atoms with Gasteiger partial charge in [0.05, 0.1) is 23.0 Å². The summed E-state index contributed by atoms with van der Waals surface area (Å²) in [5.74, 6) is -0.445. The van der Waals surface area contributed by atoms with Gasteiger partial charge in [-0.25, -0.2) is 13.3 Å². The molecule has 2 fully saturated rings. The number of amides is 2. The van der Waals surface area contributed by atoms with Gasteiger partial charge in [-0.1, -0.05) is 42.5 Å². The molecule has 0 aliphatic carbocycles. The third kappa shape index (κ3) is 3.91. The normalized spacial score (nSPS) is 20.4. The summed E-state index contributed by atoms with van der Waals surface area (Å²) < 4.78 is 28.0. The van der Waals surface area contributed by atoms with Crippen LogP contribution in [0.2, 0.25) is 0 Å². The molecule has 2 amide bonds. The highest BCUT2D eigenvalue weighted by Crippen LogP contribution is 2.30. The van der Waals surface area contributed by atoms with Crippen LogP contribution in [0.3, 0.4) is 0 Å². The van der Waals surface area contributed by atoms with Crippen molar-refractivity contribution < 1.29 is 18.0 Å². The summed E-state index contributed by atoms with van der Waals surface area (Å²) >= 11 is 0. The van der Waals surface area contributed by atoms with E-state index >= 15 is 0 Å². The standard InChI is InChI=1S/C26H27N3O4S/c1-18-7-8-19(2)23(15-18)29-25(30)17-24(26(29)31)27-11-13-28(14-12-27)34(32,33)22-10-9-20-5-3-4-6-21(20)16-22/h3-10,15-16,24H,11-14,17H2,1-2H3/t24-/m0/s1. The molecule has 2 saturated heterocycles. The van der Waals surface area contributed by atoms with Gasteiger partial charge in [0.2, 0.25) is 15.9 Å². The van der Waals surface area contributed by atoms with Crippen LogP contribution in [-0.4, -0.2) is 61.7 Å². The van der Waals surface area contributed by atoms with Crippen LogP contribution in [0.5, 0.6) is 0 Å². The number of hydrogen-bond donors (Lipinski definition) is 0. The minimum atomic E-state index is -3.64. The molecule has 2 heterocycles. The van der Waals surface area contributed by atoms with Crippen LogP contribution in [0.4, 0.5) is 5.69 Å². The van der Waals surface area contributed by atoms with E-state index in [2.05, 4.69) is 0 Å². The molecule has 0 N–H and O–H groups in total. The number of benzene rings is 3. The predicted molar refractivity (Wildman–Crippen MR) is 131 cm³/mol. The average Bonchev–Trinajstić information content (AvgIpc) is 3.14. The summed E-state index contributed by atoms with van der Waals surface area (Å²) in [6.07, 6.45) is 0.115. The van der Waals surface area contributed by atoms with Crippen molar-refractivity contribution in [1.29, 1.82) is 0 Å². The maximum atomic E-state index is 13.3. The number of nitrogens with zero attached hydrogens (tertiary/aromatic N) is 3. The lowest BCUT2D eigenvalue weighted by Gasteiger charge is -2.36. The predicted octanol–water partition coefficient (Wildman–Crippen LogP) is 3.10. The van der Waals surface area contributed by atoms with E-state index in [0.29, 0.717) is 18.8 Å². The van der Waals surface area contributed by atoms with Gasteiger partial charge in [0.25, 0.3) is 5.91 Å². The number of aryl methyl sites for hydroxylation is 2. The Morgan fingerprint density at radius 3 is 2.26 bits per heavy atom. The number of rotatable bonds is 4. The summed E-state index contributed by atoms with van der Waals surface area (Å²) in [6.45, 7) is 5.17. The van der Waals surface area contributed by atoms with Crippen molar-refractivity contribution in [3.63, 3.8) is 0 Å². The Bertz CT molecular complexity index is 1390. The molecular formula is C26H27N3O4S. The van der Waals surface area contributed by atoms with Gasteiger partial charge in [-0.3, -0.25) is 14.5 Å². The van der Waals surface area contributed by atoms with Crippen LogP contribution >= 0.6 is 0 Å². The molecule has 3 aromatic rings. The van der Waals surface area contributed by atoms with Crippen LogP contribution in [-0.2, 0) is 19.6 Å². The molecule has 0 spiro atoms. The van der Waals surface area contributed by atoms with Gasteiger partial charge >= 0.3 is 0 Å². The summed E-state index contributed by atoms with van der Waals surface area (Å²) in [6, 6.07) is 18.0. The van der Waals surface area contributed by atoms with E-state index in [1.807, 2.05) is 67.3 Å². The zero-order valence-corrected chi connectivity index (χ0v) is 20.1. The smallest absolute Gasteiger partial charge is 0.251 e.